The summed E-state index contributed by atoms with van der Waals surface area (Å²) in [6, 6.07) is 23.6. The van der Waals surface area contributed by atoms with Crippen molar-refractivity contribution in [2.24, 2.45) is 0 Å². The van der Waals surface area contributed by atoms with E-state index in [1.165, 1.54) is 21.9 Å². The molecule has 0 saturated heterocycles. The van der Waals surface area contributed by atoms with Crippen LogP contribution in [0.4, 0.5) is 0 Å². The molecule has 0 aliphatic carbocycles. The fraction of sp³-hybridized carbons (Fsp3) is 0.238. The van der Waals surface area contributed by atoms with E-state index in [1.807, 2.05) is 0 Å². The Hall–Kier alpha value is -2.32. The minimum atomic E-state index is 0.0684. The van der Waals surface area contributed by atoms with Gasteiger partial charge in [-0.25, -0.2) is 0 Å². The summed E-state index contributed by atoms with van der Waals surface area (Å²) in [5.74, 6) is 1.01. The zero-order chi connectivity index (χ0) is 15.6. The Balaban J connectivity index is 1.90. The van der Waals surface area contributed by atoms with Crippen molar-refractivity contribution < 1.29 is 4.74 Å². The van der Waals surface area contributed by atoms with Crippen LogP contribution in [-0.4, -0.2) is 6.23 Å². The molecule has 3 aromatic carbocycles. The fourth-order valence-corrected chi connectivity index (χ4v) is 3.45. The first kappa shape index (κ1) is 14.3. The number of rotatable bonds is 3. The van der Waals surface area contributed by atoms with Crippen LogP contribution in [0, 0.1) is 0 Å². The van der Waals surface area contributed by atoms with Gasteiger partial charge in [-0.3, -0.25) is 5.32 Å². The Kier molecular flexibility index (Phi) is 3.76. The highest BCUT2D eigenvalue weighted by Crippen LogP contribution is 2.40. The maximum atomic E-state index is 6.22. The fourth-order valence-electron chi connectivity index (χ4n) is 3.45. The quantitative estimate of drug-likeness (QED) is 0.732. The highest BCUT2D eigenvalue weighted by atomic mass is 16.5. The lowest BCUT2D eigenvalue weighted by Crippen LogP contribution is -2.41. The van der Waals surface area contributed by atoms with Gasteiger partial charge in [-0.1, -0.05) is 74.0 Å². The van der Waals surface area contributed by atoms with E-state index in [2.05, 4.69) is 79.0 Å². The van der Waals surface area contributed by atoms with Crippen molar-refractivity contribution in [3.05, 3.63) is 77.9 Å². The molecule has 0 fully saturated rings. The SMILES string of the molecule is CCCC1NC(c2ccccc2)c2c(ccc3ccccc23)O1. The second kappa shape index (κ2) is 6.05. The first-order valence-corrected chi connectivity index (χ1v) is 8.36. The largest absolute Gasteiger partial charge is 0.475 e. The normalized spacial score (nSPS) is 20.0. The highest BCUT2D eigenvalue weighted by molar-refractivity contribution is 5.89. The van der Waals surface area contributed by atoms with Gasteiger partial charge >= 0.3 is 0 Å². The molecular formula is C21H21NO. The van der Waals surface area contributed by atoms with E-state index in [1.54, 1.807) is 0 Å². The van der Waals surface area contributed by atoms with Gasteiger partial charge in [-0.05, 0) is 28.8 Å². The molecule has 3 aromatic rings. The molecule has 4 rings (SSSR count). The van der Waals surface area contributed by atoms with Crippen LogP contribution < -0.4 is 10.1 Å². The van der Waals surface area contributed by atoms with Gasteiger partial charge in [0.25, 0.3) is 0 Å². The summed E-state index contributed by atoms with van der Waals surface area (Å²) in [4.78, 5) is 0. The van der Waals surface area contributed by atoms with Gasteiger partial charge in [0.1, 0.15) is 5.75 Å². The second-order valence-electron chi connectivity index (χ2n) is 6.10. The van der Waals surface area contributed by atoms with Crippen LogP contribution in [0.3, 0.4) is 0 Å². The molecule has 2 atom stereocenters. The third-order valence-corrected chi connectivity index (χ3v) is 4.52. The highest BCUT2D eigenvalue weighted by Gasteiger charge is 2.29. The average Bonchev–Trinajstić information content (AvgIpc) is 2.62. The van der Waals surface area contributed by atoms with E-state index in [0.29, 0.717) is 0 Å². The lowest BCUT2D eigenvalue weighted by Gasteiger charge is -2.35. The summed E-state index contributed by atoms with van der Waals surface area (Å²) in [5.41, 5.74) is 2.54. The zero-order valence-electron chi connectivity index (χ0n) is 13.3. The number of hydrogen-bond donors (Lipinski definition) is 1. The van der Waals surface area contributed by atoms with E-state index in [-0.39, 0.29) is 12.3 Å². The van der Waals surface area contributed by atoms with Crippen LogP contribution in [-0.2, 0) is 0 Å². The molecule has 1 N–H and O–H groups in total. The molecule has 2 nitrogen and oxygen atoms in total. The molecular weight excluding hydrogens is 282 g/mol. The van der Waals surface area contributed by atoms with Crippen molar-refractivity contribution in [1.82, 2.24) is 5.32 Å². The number of fused-ring (bicyclic) bond motifs is 3. The molecule has 2 unspecified atom stereocenters. The molecule has 0 radical (unpaired) electrons. The van der Waals surface area contributed by atoms with Crippen molar-refractivity contribution in [3.8, 4) is 5.75 Å². The van der Waals surface area contributed by atoms with Gasteiger partial charge in [-0.15, -0.1) is 0 Å². The molecule has 1 aliphatic heterocycles. The van der Waals surface area contributed by atoms with Gasteiger partial charge < -0.3 is 4.74 Å². The van der Waals surface area contributed by atoms with E-state index < -0.39 is 0 Å². The third kappa shape index (κ3) is 2.60. The summed E-state index contributed by atoms with van der Waals surface area (Å²) in [7, 11) is 0. The number of benzene rings is 3. The summed E-state index contributed by atoms with van der Waals surface area (Å²) < 4.78 is 6.22. The standard InChI is InChI=1S/C21H21NO/c1-2-8-19-22-21(16-10-4-3-5-11-16)20-17-12-7-6-9-15(17)13-14-18(20)23-19/h3-7,9-14,19,21-22H,2,8H2,1H3. The van der Waals surface area contributed by atoms with Crippen LogP contribution in [0.15, 0.2) is 66.7 Å². The molecule has 0 saturated carbocycles. The molecule has 1 aliphatic rings. The predicted molar refractivity (Wildman–Crippen MR) is 94.7 cm³/mol. The molecule has 2 heteroatoms. The van der Waals surface area contributed by atoms with Crippen LogP contribution in [0.5, 0.6) is 5.75 Å². The van der Waals surface area contributed by atoms with E-state index in [0.717, 1.165) is 18.6 Å². The lowest BCUT2D eigenvalue weighted by atomic mass is 9.91. The Morgan fingerprint density at radius 2 is 1.70 bits per heavy atom. The predicted octanol–water partition coefficient (Wildman–Crippen LogP) is 5.04. The Morgan fingerprint density at radius 3 is 2.52 bits per heavy atom. The summed E-state index contributed by atoms with van der Waals surface area (Å²) in [5, 5.41) is 6.22. The van der Waals surface area contributed by atoms with E-state index in [9.17, 15) is 0 Å². The molecule has 23 heavy (non-hydrogen) atoms. The Labute approximate surface area is 137 Å². The van der Waals surface area contributed by atoms with Gasteiger partial charge in [0.2, 0.25) is 0 Å². The van der Waals surface area contributed by atoms with Crippen LogP contribution >= 0.6 is 0 Å². The Bertz CT molecular complexity index is 812. The summed E-state index contributed by atoms with van der Waals surface area (Å²) in [6.07, 6.45) is 2.18. The van der Waals surface area contributed by atoms with Gasteiger partial charge in [0, 0.05) is 5.56 Å². The van der Waals surface area contributed by atoms with Gasteiger partial charge in [-0.2, -0.15) is 0 Å². The molecule has 116 valence electrons. The van der Waals surface area contributed by atoms with Gasteiger partial charge in [0.05, 0.1) is 6.04 Å². The van der Waals surface area contributed by atoms with Crippen molar-refractivity contribution in [2.45, 2.75) is 32.0 Å². The first-order chi connectivity index (χ1) is 11.4. The monoisotopic (exact) mass is 303 g/mol. The van der Waals surface area contributed by atoms with E-state index >= 15 is 0 Å². The van der Waals surface area contributed by atoms with Crippen molar-refractivity contribution in [3.63, 3.8) is 0 Å². The lowest BCUT2D eigenvalue weighted by molar-refractivity contribution is 0.123. The summed E-state index contributed by atoms with van der Waals surface area (Å²) >= 11 is 0. The van der Waals surface area contributed by atoms with Gasteiger partial charge in [0.15, 0.2) is 6.23 Å². The van der Waals surface area contributed by atoms with Crippen molar-refractivity contribution >= 4 is 10.8 Å². The van der Waals surface area contributed by atoms with Crippen molar-refractivity contribution in [2.75, 3.05) is 0 Å². The molecule has 0 amide bonds. The maximum Gasteiger partial charge on any atom is 0.150 e. The minimum Gasteiger partial charge on any atom is -0.475 e. The molecule has 0 spiro atoms. The van der Waals surface area contributed by atoms with Crippen molar-refractivity contribution in [1.29, 1.82) is 0 Å². The number of nitrogens with one attached hydrogen (secondary N) is 1. The molecule has 1 heterocycles. The maximum absolute atomic E-state index is 6.22. The third-order valence-electron chi connectivity index (χ3n) is 4.52. The van der Waals surface area contributed by atoms with Crippen LogP contribution in [0.2, 0.25) is 0 Å². The van der Waals surface area contributed by atoms with Crippen LogP contribution in [0.25, 0.3) is 10.8 Å². The number of ether oxygens (including phenoxy) is 1. The zero-order valence-corrected chi connectivity index (χ0v) is 13.3. The topological polar surface area (TPSA) is 21.3 Å². The second-order valence-corrected chi connectivity index (χ2v) is 6.10. The summed E-state index contributed by atoms with van der Waals surface area (Å²) in [6.45, 7) is 2.19. The molecule has 0 bridgehead atoms. The number of hydrogen-bond acceptors (Lipinski definition) is 2. The van der Waals surface area contributed by atoms with Crippen LogP contribution in [0.1, 0.15) is 36.9 Å². The molecule has 0 aromatic heterocycles. The minimum absolute atomic E-state index is 0.0684. The smallest absolute Gasteiger partial charge is 0.150 e. The first-order valence-electron chi connectivity index (χ1n) is 8.36. The average molecular weight is 303 g/mol. The Morgan fingerprint density at radius 1 is 0.913 bits per heavy atom. The van der Waals surface area contributed by atoms with E-state index in [4.69, 9.17) is 4.74 Å².